The number of nitrogens with one attached hydrogen (secondary N) is 1. The maximum atomic E-state index is 12.6. The molecule has 2 rings (SSSR count). The van der Waals surface area contributed by atoms with Crippen LogP contribution in [0.3, 0.4) is 0 Å². The number of piperazine rings is 1. The van der Waals surface area contributed by atoms with E-state index in [-0.39, 0.29) is 12.5 Å². The van der Waals surface area contributed by atoms with E-state index in [1.165, 1.54) is 0 Å². The van der Waals surface area contributed by atoms with Crippen molar-refractivity contribution >= 4 is 12.0 Å². The number of carbonyl (C=O) groups is 2. The van der Waals surface area contributed by atoms with Crippen molar-refractivity contribution in [2.45, 2.75) is 44.1 Å². The summed E-state index contributed by atoms with van der Waals surface area (Å²) in [6.07, 6.45) is 4.80. The number of aliphatic carboxylic acids is 1. The van der Waals surface area contributed by atoms with Crippen LogP contribution in [-0.4, -0.2) is 65.7 Å². The summed E-state index contributed by atoms with van der Waals surface area (Å²) in [6.45, 7) is 3.02. The van der Waals surface area contributed by atoms with Gasteiger partial charge >= 0.3 is 12.0 Å². The number of urea groups is 1. The monoisotopic (exact) mass is 283 g/mol. The van der Waals surface area contributed by atoms with E-state index in [0.717, 1.165) is 45.2 Å². The molecule has 114 valence electrons. The summed E-state index contributed by atoms with van der Waals surface area (Å²) in [5.41, 5.74) is -0.494. The number of carboxylic acid groups (broad SMARTS) is 1. The number of amides is 2. The Bertz CT molecular complexity index is 361. The van der Waals surface area contributed by atoms with Crippen LogP contribution in [0.25, 0.3) is 0 Å². The van der Waals surface area contributed by atoms with Crippen molar-refractivity contribution in [3.05, 3.63) is 0 Å². The van der Waals surface area contributed by atoms with Crippen molar-refractivity contribution < 1.29 is 14.7 Å². The zero-order valence-corrected chi connectivity index (χ0v) is 12.2. The van der Waals surface area contributed by atoms with Crippen LogP contribution >= 0.6 is 0 Å². The van der Waals surface area contributed by atoms with Crippen LogP contribution in [0.15, 0.2) is 0 Å². The van der Waals surface area contributed by atoms with Gasteiger partial charge in [0.15, 0.2) is 0 Å². The van der Waals surface area contributed by atoms with Gasteiger partial charge < -0.3 is 20.2 Å². The lowest BCUT2D eigenvalue weighted by Crippen LogP contribution is -2.58. The average molecular weight is 283 g/mol. The molecule has 0 spiro atoms. The maximum absolute atomic E-state index is 12.6. The first kappa shape index (κ1) is 15.1. The fourth-order valence-corrected chi connectivity index (χ4v) is 3.39. The Kier molecular flexibility index (Phi) is 4.86. The summed E-state index contributed by atoms with van der Waals surface area (Å²) >= 11 is 0. The molecule has 0 unspecified atom stereocenters. The van der Waals surface area contributed by atoms with Crippen molar-refractivity contribution in [2.24, 2.45) is 0 Å². The van der Waals surface area contributed by atoms with Crippen LogP contribution in [0.4, 0.5) is 4.79 Å². The molecule has 1 saturated carbocycles. The predicted octanol–water partition coefficient (Wildman–Crippen LogP) is 1.12. The third kappa shape index (κ3) is 3.23. The molecule has 0 atom stereocenters. The first-order valence-corrected chi connectivity index (χ1v) is 7.50. The quantitative estimate of drug-likeness (QED) is 0.814. The molecule has 1 heterocycles. The number of hydrogen-bond acceptors (Lipinski definition) is 3. The lowest BCUT2D eigenvalue weighted by Gasteiger charge is -2.46. The summed E-state index contributed by atoms with van der Waals surface area (Å²) in [7, 11) is 1.78. The van der Waals surface area contributed by atoms with E-state index in [0.29, 0.717) is 13.1 Å². The van der Waals surface area contributed by atoms with Gasteiger partial charge in [0, 0.05) is 33.2 Å². The van der Waals surface area contributed by atoms with Crippen molar-refractivity contribution in [1.29, 1.82) is 0 Å². The van der Waals surface area contributed by atoms with E-state index in [1.54, 1.807) is 11.9 Å². The van der Waals surface area contributed by atoms with E-state index >= 15 is 0 Å². The lowest BCUT2D eigenvalue weighted by molar-refractivity contribution is -0.140. The molecule has 2 N–H and O–H groups in total. The minimum atomic E-state index is -0.813. The highest BCUT2D eigenvalue weighted by Crippen LogP contribution is 2.36. The van der Waals surface area contributed by atoms with Crippen molar-refractivity contribution in [3.63, 3.8) is 0 Å². The maximum Gasteiger partial charge on any atom is 0.320 e. The second-order valence-electron chi connectivity index (χ2n) is 5.93. The molecule has 0 aromatic heterocycles. The average Bonchev–Trinajstić information content (AvgIpc) is 2.47. The minimum Gasteiger partial charge on any atom is -0.481 e. The van der Waals surface area contributed by atoms with Crippen LogP contribution in [0, 0.1) is 0 Å². The number of hydrogen-bond donors (Lipinski definition) is 2. The highest BCUT2D eigenvalue weighted by atomic mass is 16.4. The van der Waals surface area contributed by atoms with Gasteiger partial charge in [0.2, 0.25) is 0 Å². The van der Waals surface area contributed by atoms with Crippen molar-refractivity contribution in [1.82, 2.24) is 15.1 Å². The zero-order chi connectivity index (χ0) is 14.6. The Labute approximate surface area is 120 Å². The molecule has 2 amide bonds. The lowest BCUT2D eigenvalue weighted by atomic mass is 9.78. The Morgan fingerprint density at radius 2 is 1.80 bits per heavy atom. The largest absolute Gasteiger partial charge is 0.481 e. The van der Waals surface area contributed by atoms with Crippen LogP contribution in [0.1, 0.15) is 38.5 Å². The second-order valence-corrected chi connectivity index (χ2v) is 5.93. The normalized spacial score (nSPS) is 22.4. The Morgan fingerprint density at radius 1 is 1.20 bits per heavy atom. The fraction of sp³-hybridized carbons (Fsp3) is 0.857. The van der Waals surface area contributed by atoms with Gasteiger partial charge in [-0.3, -0.25) is 4.79 Å². The van der Waals surface area contributed by atoms with Crippen LogP contribution in [0.2, 0.25) is 0 Å². The number of carbonyl (C=O) groups excluding carboxylic acids is 1. The van der Waals surface area contributed by atoms with Gasteiger partial charge in [-0.25, -0.2) is 4.79 Å². The fourth-order valence-electron chi connectivity index (χ4n) is 3.39. The van der Waals surface area contributed by atoms with Crippen LogP contribution < -0.4 is 5.32 Å². The Hall–Kier alpha value is -1.30. The summed E-state index contributed by atoms with van der Waals surface area (Å²) in [6, 6.07) is -0.0188. The summed E-state index contributed by atoms with van der Waals surface area (Å²) < 4.78 is 0. The van der Waals surface area contributed by atoms with Gasteiger partial charge in [0.05, 0.1) is 12.0 Å². The molecule has 6 heteroatoms. The molecular weight excluding hydrogens is 258 g/mol. The number of nitrogens with zero attached hydrogens (tertiary/aromatic N) is 2. The first-order chi connectivity index (χ1) is 9.55. The molecule has 6 nitrogen and oxygen atoms in total. The molecule has 2 fully saturated rings. The van der Waals surface area contributed by atoms with E-state index in [1.807, 2.05) is 4.90 Å². The first-order valence-electron chi connectivity index (χ1n) is 7.50. The molecule has 1 aliphatic carbocycles. The molecule has 2 aliphatic rings. The standard InChI is InChI=1S/C14H25N3O3/c1-16(13(20)17-9-7-15-8-10-17)14(11-12(18)19)5-3-2-4-6-14/h15H,2-11H2,1H3,(H,18,19). The van der Waals surface area contributed by atoms with Gasteiger partial charge in [-0.15, -0.1) is 0 Å². The van der Waals surface area contributed by atoms with Crippen molar-refractivity contribution in [3.8, 4) is 0 Å². The third-order valence-electron chi connectivity index (χ3n) is 4.65. The van der Waals surface area contributed by atoms with Crippen molar-refractivity contribution in [2.75, 3.05) is 33.2 Å². The van der Waals surface area contributed by atoms with Crippen LogP contribution in [0.5, 0.6) is 0 Å². The smallest absolute Gasteiger partial charge is 0.320 e. The molecule has 0 radical (unpaired) electrons. The Balaban J connectivity index is 2.10. The minimum absolute atomic E-state index is 0.0188. The van der Waals surface area contributed by atoms with E-state index < -0.39 is 11.5 Å². The van der Waals surface area contributed by atoms with Gasteiger partial charge in [0.1, 0.15) is 0 Å². The topological polar surface area (TPSA) is 72.9 Å². The van der Waals surface area contributed by atoms with Gasteiger partial charge in [0.25, 0.3) is 0 Å². The second kappa shape index (κ2) is 6.43. The zero-order valence-electron chi connectivity index (χ0n) is 12.2. The SMILES string of the molecule is CN(C(=O)N1CCNCC1)C1(CC(=O)O)CCCCC1. The summed E-state index contributed by atoms with van der Waals surface area (Å²) in [5.74, 6) is -0.813. The molecular formula is C14H25N3O3. The van der Waals surface area contributed by atoms with E-state index in [9.17, 15) is 14.7 Å². The van der Waals surface area contributed by atoms with Gasteiger partial charge in [-0.1, -0.05) is 19.3 Å². The van der Waals surface area contributed by atoms with E-state index in [2.05, 4.69) is 5.32 Å². The molecule has 0 bridgehead atoms. The van der Waals surface area contributed by atoms with Crippen LogP contribution in [-0.2, 0) is 4.79 Å². The predicted molar refractivity (Wildman–Crippen MR) is 75.7 cm³/mol. The number of carboxylic acids is 1. The summed E-state index contributed by atoms with van der Waals surface area (Å²) in [4.78, 5) is 27.4. The molecule has 0 aromatic carbocycles. The van der Waals surface area contributed by atoms with Gasteiger partial charge in [-0.05, 0) is 12.8 Å². The highest BCUT2D eigenvalue weighted by molar-refractivity contribution is 5.77. The highest BCUT2D eigenvalue weighted by Gasteiger charge is 2.41. The van der Waals surface area contributed by atoms with Gasteiger partial charge in [-0.2, -0.15) is 0 Å². The Morgan fingerprint density at radius 3 is 2.35 bits per heavy atom. The summed E-state index contributed by atoms with van der Waals surface area (Å²) in [5, 5.41) is 12.4. The van der Waals surface area contributed by atoms with E-state index in [4.69, 9.17) is 0 Å². The molecule has 1 saturated heterocycles. The third-order valence-corrected chi connectivity index (χ3v) is 4.65. The molecule has 1 aliphatic heterocycles. The molecule has 20 heavy (non-hydrogen) atoms. The number of rotatable bonds is 3. The molecule has 0 aromatic rings.